The van der Waals surface area contributed by atoms with E-state index in [0.29, 0.717) is 7.48 Å². The molecule has 3 nitrogen and oxygen atoms in total. The van der Waals surface area contributed by atoms with Gasteiger partial charge < -0.3 is 14.2 Å². The van der Waals surface area contributed by atoms with E-state index in [1.165, 1.54) is 10.8 Å². The lowest BCUT2D eigenvalue weighted by Crippen LogP contribution is -2.49. The van der Waals surface area contributed by atoms with Gasteiger partial charge in [0.25, 0.3) is 0 Å². The van der Waals surface area contributed by atoms with Gasteiger partial charge in [-0.15, -0.1) is 0 Å². The summed E-state index contributed by atoms with van der Waals surface area (Å²) in [6.45, 7) is 7.43. The molecule has 0 aliphatic heterocycles. The normalized spacial score (nSPS) is 13.0. The van der Waals surface area contributed by atoms with Gasteiger partial charge in [0, 0.05) is 21.5 Å². The minimum atomic E-state index is -0.978. The third-order valence-electron chi connectivity index (χ3n) is 7.48. The molecule has 0 unspecified atom stereocenters. The van der Waals surface area contributed by atoms with Crippen molar-refractivity contribution in [3.05, 3.63) is 78.9 Å². The molecule has 0 radical (unpaired) electrons. The second-order valence-electron chi connectivity index (χ2n) is 10.2. The fraction of sp³-hybridized carbons (Fsp3) is 0.200. The summed E-state index contributed by atoms with van der Waals surface area (Å²) in [4.78, 5) is 0. The maximum atomic E-state index is 10.6. The number of benzene rings is 5. The number of rotatable bonds is 4. The third-order valence-corrected chi connectivity index (χ3v) is 7.48. The molecule has 6 aromatic rings. The Morgan fingerprint density at radius 1 is 0.676 bits per heavy atom. The average molecular weight is 446 g/mol. The van der Waals surface area contributed by atoms with E-state index >= 15 is 0 Å². The van der Waals surface area contributed by atoms with Crippen LogP contribution in [0.25, 0.3) is 54.3 Å². The molecule has 0 amide bonds. The van der Waals surface area contributed by atoms with Gasteiger partial charge in [-0.2, -0.15) is 0 Å². The number of fused-ring (bicyclic) bond motifs is 9. The second kappa shape index (κ2) is 7.33. The molecule has 168 valence electrons. The Morgan fingerprint density at radius 2 is 1.29 bits per heavy atom. The van der Waals surface area contributed by atoms with Crippen LogP contribution in [0.5, 0.6) is 0 Å². The lowest BCUT2D eigenvalue weighted by molar-refractivity contribution is -0.0893. The molecule has 1 N–H and O–H groups in total. The largest absolute Gasteiger partial charge is 0.455 e. The first kappa shape index (κ1) is 21.2. The molecule has 0 atom stereocenters. The van der Waals surface area contributed by atoms with Crippen LogP contribution in [0.15, 0.2) is 83.3 Å². The quantitative estimate of drug-likeness (QED) is 0.245. The minimum Gasteiger partial charge on any atom is -0.455 e. The Hall–Kier alpha value is -3.34. The predicted molar refractivity (Wildman–Crippen MR) is 144 cm³/mol. The second-order valence-corrected chi connectivity index (χ2v) is 10.2. The Bertz CT molecular complexity index is 1720. The monoisotopic (exact) mass is 446 g/mol. The van der Waals surface area contributed by atoms with E-state index < -0.39 is 11.2 Å². The number of hydrogen-bond acceptors (Lipinski definition) is 3. The maximum absolute atomic E-state index is 10.6. The molecule has 0 aliphatic carbocycles. The van der Waals surface area contributed by atoms with Gasteiger partial charge in [-0.1, -0.05) is 72.8 Å². The zero-order valence-corrected chi connectivity index (χ0v) is 20.0. The van der Waals surface area contributed by atoms with E-state index in [2.05, 4.69) is 78.9 Å². The van der Waals surface area contributed by atoms with E-state index in [-0.39, 0.29) is 0 Å². The predicted octanol–water partition coefficient (Wildman–Crippen LogP) is 6.59. The summed E-state index contributed by atoms with van der Waals surface area (Å²) in [6, 6.07) is 27.6. The SMILES string of the molecule is CC(C)(O)C(C)(C)OBc1cc2ccc3ccccc3c2c2oc3c4ccccc4ccc3c12. The third kappa shape index (κ3) is 3.13. The van der Waals surface area contributed by atoms with Crippen molar-refractivity contribution < 1.29 is 14.2 Å². The van der Waals surface area contributed by atoms with E-state index in [0.717, 1.165) is 48.9 Å². The van der Waals surface area contributed by atoms with Crippen LogP contribution < -0.4 is 5.46 Å². The summed E-state index contributed by atoms with van der Waals surface area (Å²) in [5.74, 6) is 0. The topological polar surface area (TPSA) is 42.6 Å². The van der Waals surface area contributed by atoms with Crippen molar-refractivity contribution in [2.24, 2.45) is 0 Å². The van der Waals surface area contributed by atoms with Crippen molar-refractivity contribution >= 4 is 67.2 Å². The molecule has 0 saturated carbocycles. The van der Waals surface area contributed by atoms with Crippen molar-refractivity contribution in [3.8, 4) is 0 Å². The van der Waals surface area contributed by atoms with Gasteiger partial charge in [-0.3, -0.25) is 0 Å². The number of aliphatic hydroxyl groups is 1. The van der Waals surface area contributed by atoms with Gasteiger partial charge >= 0.3 is 7.48 Å². The molecule has 0 fully saturated rings. The highest BCUT2D eigenvalue weighted by atomic mass is 16.5. The standard InChI is InChI=1S/C30H27BO3/c1-29(2,32)30(3,4)34-31-24-17-20-14-13-18-9-5-7-11-21(18)25(20)28-26(24)23-16-15-19-10-6-8-12-22(19)27(23)33-28/h5-17,31-32H,1-4H3. The van der Waals surface area contributed by atoms with Crippen molar-refractivity contribution in [1.29, 1.82) is 0 Å². The van der Waals surface area contributed by atoms with Crippen LogP contribution in [0.3, 0.4) is 0 Å². The Labute approximate surface area is 199 Å². The number of furan rings is 1. The fourth-order valence-electron chi connectivity index (χ4n) is 4.79. The van der Waals surface area contributed by atoms with Crippen molar-refractivity contribution in [2.75, 3.05) is 0 Å². The molecule has 0 aliphatic rings. The van der Waals surface area contributed by atoms with Crippen molar-refractivity contribution in [2.45, 2.75) is 38.9 Å². The molecule has 1 heterocycles. The maximum Gasteiger partial charge on any atom is 0.310 e. The summed E-state index contributed by atoms with van der Waals surface area (Å²) in [7, 11) is 0.373. The molecule has 34 heavy (non-hydrogen) atoms. The smallest absolute Gasteiger partial charge is 0.310 e. The lowest BCUT2D eigenvalue weighted by atomic mass is 9.79. The first-order valence-electron chi connectivity index (χ1n) is 11.8. The van der Waals surface area contributed by atoms with Crippen LogP contribution >= 0.6 is 0 Å². The van der Waals surface area contributed by atoms with Gasteiger partial charge in [0.1, 0.15) is 11.2 Å². The fourth-order valence-corrected chi connectivity index (χ4v) is 4.79. The molecule has 6 rings (SSSR count). The van der Waals surface area contributed by atoms with E-state index in [4.69, 9.17) is 9.07 Å². The van der Waals surface area contributed by atoms with E-state index in [1.54, 1.807) is 13.8 Å². The molecular weight excluding hydrogens is 419 g/mol. The highest BCUT2D eigenvalue weighted by Crippen LogP contribution is 2.39. The van der Waals surface area contributed by atoms with E-state index in [9.17, 15) is 5.11 Å². The van der Waals surface area contributed by atoms with Crippen LogP contribution in [0.4, 0.5) is 0 Å². The summed E-state index contributed by atoms with van der Waals surface area (Å²) in [6.07, 6.45) is 0. The van der Waals surface area contributed by atoms with Crippen LogP contribution in [0, 0.1) is 0 Å². The molecule has 4 heteroatoms. The van der Waals surface area contributed by atoms with Crippen LogP contribution in [0.2, 0.25) is 0 Å². The van der Waals surface area contributed by atoms with Gasteiger partial charge in [-0.05, 0) is 60.8 Å². The Morgan fingerprint density at radius 3 is 2.03 bits per heavy atom. The van der Waals surface area contributed by atoms with Crippen LogP contribution in [-0.2, 0) is 4.65 Å². The molecule has 0 spiro atoms. The Kier molecular flexibility index (Phi) is 4.57. The van der Waals surface area contributed by atoms with Gasteiger partial charge in [0.05, 0.1) is 11.2 Å². The first-order chi connectivity index (χ1) is 16.2. The van der Waals surface area contributed by atoms with Gasteiger partial charge in [-0.25, -0.2) is 0 Å². The van der Waals surface area contributed by atoms with Crippen LogP contribution in [0.1, 0.15) is 27.7 Å². The zero-order chi connectivity index (χ0) is 23.7. The van der Waals surface area contributed by atoms with Gasteiger partial charge in [0.15, 0.2) is 0 Å². The Balaban J connectivity index is 1.71. The summed E-state index contributed by atoms with van der Waals surface area (Å²) in [5, 5.41) is 19.7. The zero-order valence-electron chi connectivity index (χ0n) is 20.0. The molecule has 1 aromatic heterocycles. The molecule has 0 bridgehead atoms. The highest BCUT2D eigenvalue weighted by Gasteiger charge is 2.36. The lowest BCUT2D eigenvalue weighted by Gasteiger charge is -2.37. The molecular formula is C30H27BO3. The molecule has 5 aromatic carbocycles. The summed E-state index contributed by atoms with van der Waals surface area (Å²) in [5.41, 5.74) is 1.15. The summed E-state index contributed by atoms with van der Waals surface area (Å²) < 4.78 is 13.1. The average Bonchev–Trinajstić information content (AvgIpc) is 3.22. The van der Waals surface area contributed by atoms with Crippen LogP contribution in [-0.4, -0.2) is 23.8 Å². The van der Waals surface area contributed by atoms with E-state index in [1.807, 2.05) is 13.8 Å². The van der Waals surface area contributed by atoms with Gasteiger partial charge in [0.2, 0.25) is 0 Å². The first-order valence-corrected chi connectivity index (χ1v) is 11.8. The minimum absolute atomic E-state index is 0.373. The summed E-state index contributed by atoms with van der Waals surface area (Å²) >= 11 is 0. The van der Waals surface area contributed by atoms with Crippen molar-refractivity contribution in [1.82, 2.24) is 0 Å². The van der Waals surface area contributed by atoms with Crippen molar-refractivity contribution in [3.63, 3.8) is 0 Å². The molecule has 0 saturated heterocycles. The number of hydrogen-bond donors (Lipinski definition) is 1. The highest BCUT2D eigenvalue weighted by molar-refractivity contribution is 6.54.